The Morgan fingerprint density at radius 3 is 2.82 bits per heavy atom. The Kier molecular flexibility index (Phi) is 5.71. The highest BCUT2D eigenvalue weighted by Crippen LogP contribution is 2.31. The summed E-state index contributed by atoms with van der Waals surface area (Å²) in [5.74, 6) is 1.86. The minimum absolute atomic E-state index is 0.466. The van der Waals surface area contributed by atoms with Crippen LogP contribution in [-0.2, 0) is 11.2 Å². The van der Waals surface area contributed by atoms with Crippen LogP contribution in [0.2, 0.25) is 0 Å². The first-order valence-corrected chi connectivity index (χ1v) is 10.2. The number of likely N-dealkylation sites (tertiary alicyclic amines) is 1. The van der Waals surface area contributed by atoms with Crippen molar-refractivity contribution in [1.82, 2.24) is 10.1 Å². The molecule has 2 aliphatic rings. The molecule has 0 saturated carbocycles. The van der Waals surface area contributed by atoms with Crippen molar-refractivity contribution < 1.29 is 23.9 Å². The summed E-state index contributed by atoms with van der Waals surface area (Å²) in [6, 6.07) is 4.06. The van der Waals surface area contributed by atoms with E-state index < -0.39 is 6.09 Å². The molecule has 1 atom stereocenters. The second-order valence-corrected chi connectivity index (χ2v) is 7.99. The first kappa shape index (κ1) is 19.1. The summed E-state index contributed by atoms with van der Waals surface area (Å²) < 4.78 is 17.0. The van der Waals surface area contributed by atoms with Crippen LogP contribution in [0.3, 0.4) is 0 Å². The Hall–Kier alpha value is -2.28. The molecule has 2 aliphatic heterocycles. The predicted octanol–water partition coefficient (Wildman–Crippen LogP) is 3.87. The lowest BCUT2D eigenvalue weighted by Gasteiger charge is -2.29. The van der Waals surface area contributed by atoms with Crippen LogP contribution in [0.15, 0.2) is 16.7 Å². The Morgan fingerprint density at radius 2 is 2.11 bits per heavy atom. The fourth-order valence-electron chi connectivity index (χ4n) is 4.18. The average molecular weight is 388 g/mol. The van der Waals surface area contributed by atoms with E-state index in [1.807, 2.05) is 19.1 Å². The van der Waals surface area contributed by atoms with Gasteiger partial charge in [-0.2, -0.15) is 0 Å². The highest BCUT2D eigenvalue weighted by molar-refractivity contribution is 5.84. The molecule has 1 unspecified atom stereocenters. The van der Waals surface area contributed by atoms with Gasteiger partial charge in [-0.15, -0.1) is 0 Å². The molecule has 7 heteroatoms. The summed E-state index contributed by atoms with van der Waals surface area (Å²) in [5.41, 5.74) is 2.77. The minimum Gasteiger partial charge on any atom is -0.493 e. The molecule has 1 aromatic heterocycles. The van der Waals surface area contributed by atoms with Crippen LogP contribution in [0.1, 0.15) is 36.9 Å². The molecule has 0 aliphatic carbocycles. The van der Waals surface area contributed by atoms with E-state index in [4.69, 9.17) is 19.1 Å². The molecule has 1 aromatic carbocycles. The van der Waals surface area contributed by atoms with Gasteiger partial charge in [-0.1, -0.05) is 5.16 Å². The van der Waals surface area contributed by atoms with E-state index in [9.17, 15) is 4.79 Å². The Labute approximate surface area is 164 Å². The number of amides is 1. The van der Waals surface area contributed by atoms with E-state index in [0.29, 0.717) is 31.5 Å². The summed E-state index contributed by atoms with van der Waals surface area (Å²) in [7, 11) is 0. The third-order valence-corrected chi connectivity index (χ3v) is 6.09. The fraction of sp³-hybridized carbons (Fsp3) is 0.619. The third-order valence-electron chi connectivity index (χ3n) is 6.09. The van der Waals surface area contributed by atoms with E-state index in [1.54, 1.807) is 0 Å². The Bertz CT molecular complexity index is 820. The van der Waals surface area contributed by atoms with Gasteiger partial charge in [-0.25, -0.2) is 4.79 Å². The first-order chi connectivity index (χ1) is 13.6. The third kappa shape index (κ3) is 4.09. The number of nitrogens with zero attached hydrogens (tertiary/aromatic N) is 2. The summed E-state index contributed by atoms with van der Waals surface area (Å²) in [6.45, 7) is 5.55. The molecule has 4 rings (SSSR count). The lowest BCUT2D eigenvalue weighted by molar-refractivity contribution is 0.123. The predicted molar refractivity (Wildman–Crippen MR) is 104 cm³/mol. The number of aromatic nitrogens is 1. The first-order valence-electron chi connectivity index (χ1n) is 10.2. The summed E-state index contributed by atoms with van der Waals surface area (Å²) in [6.07, 6.45) is 3.94. The number of hydrogen-bond donors (Lipinski definition) is 1. The van der Waals surface area contributed by atoms with Crippen molar-refractivity contribution >= 4 is 17.1 Å². The molecule has 152 valence electrons. The van der Waals surface area contributed by atoms with Gasteiger partial charge in [0.05, 0.1) is 18.9 Å². The summed E-state index contributed by atoms with van der Waals surface area (Å²) in [5, 5.41) is 14.4. The van der Waals surface area contributed by atoms with Crippen molar-refractivity contribution in [2.24, 2.45) is 11.8 Å². The van der Waals surface area contributed by atoms with Gasteiger partial charge in [0.2, 0.25) is 0 Å². The van der Waals surface area contributed by atoms with Gasteiger partial charge >= 0.3 is 6.09 Å². The molecule has 0 radical (unpaired) electrons. The summed E-state index contributed by atoms with van der Waals surface area (Å²) >= 11 is 0. The van der Waals surface area contributed by atoms with Crippen LogP contribution in [0.5, 0.6) is 5.75 Å². The Balaban J connectivity index is 1.36. The molecular weight excluding hydrogens is 360 g/mol. The van der Waals surface area contributed by atoms with Gasteiger partial charge in [-0.3, -0.25) is 0 Å². The van der Waals surface area contributed by atoms with Crippen LogP contribution in [0, 0.1) is 18.8 Å². The highest BCUT2D eigenvalue weighted by atomic mass is 16.5. The van der Waals surface area contributed by atoms with E-state index in [0.717, 1.165) is 73.3 Å². The number of fused-ring (bicyclic) bond motifs is 1. The number of piperidine rings is 1. The van der Waals surface area contributed by atoms with E-state index in [1.165, 1.54) is 4.90 Å². The number of carbonyl (C=O) groups is 1. The minimum atomic E-state index is -0.810. The largest absolute Gasteiger partial charge is 0.493 e. The smallest absolute Gasteiger partial charge is 0.407 e. The highest BCUT2D eigenvalue weighted by Gasteiger charge is 2.23. The standard InChI is InChI=1S/C21H28N2O5/c1-14-19(27-13-16-8-11-26-12-16)5-3-17-18(22-28-20(14)17)4-2-15-6-9-23(10-7-15)21(24)25/h3,5,15-16H,2,4,6-13H2,1H3,(H,24,25). The van der Waals surface area contributed by atoms with Crippen molar-refractivity contribution in [2.45, 2.75) is 39.0 Å². The molecule has 2 saturated heterocycles. The van der Waals surface area contributed by atoms with Crippen LogP contribution in [0.25, 0.3) is 11.0 Å². The molecule has 28 heavy (non-hydrogen) atoms. The number of ether oxygens (including phenoxy) is 2. The van der Waals surface area contributed by atoms with Gasteiger partial charge < -0.3 is 24.0 Å². The second-order valence-electron chi connectivity index (χ2n) is 7.99. The lowest BCUT2D eigenvalue weighted by atomic mass is 9.91. The van der Waals surface area contributed by atoms with Gasteiger partial charge in [0.15, 0.2) is 5.58 Å². The van der Waals surface area contributed by atoms with E-state index in [2.05, 4.69) is 5.16 Å². The molecule has 2 aromatic rings. The Morgan fingerprint density at radius 1 is 1.29 bits per heavy atom. The molecule has 1 N–H and O–H groups in total. The molecule has 0 spiro atoms. The van der Waals surface area contributed by atoms with Crippen molar-refractivity contribution in [1.29, 1.82) is 0 Å². The molecular formula is C21H28N2O5. The molecule has 2 fully saturated rings. The van der Waals surface area contributed by atoms with Gasteiger partial charge in [0.1, 0.15) is 5.75 Å². The monoisotopic (exact) mass is 388 g/mol. The van der Waals surface area contributed by atoms with Gasteiger partial charge in [0, 0.05) is 36.6 Å². The fourth-order valence-corrected chi connectivity index (χ4v) is 4.18. The van der Waals surface area contributed by atoms with Crippen LogP contribution >= 0.6 is 0 Å². The van der Waals surface area contributed by atoms with Crippen molar-refractivity contribution in [3.63, 3.8) is 0 Å². The van der Waals surface area contributed by atoms with Gasteiger partial charge in [0.25, 0.3) is 0 Å². The maximum absolute atomic E-state index is 11.0. The van der Waals surface area contributed by atoms with Crippen LogP contribution in [0.4, 0.5) is 4.79 Å². The topological polar surface area (TPSA) is 85.0 Å². The number of hydrogen-bond acceptors (Lipinski definition) is 5. The zero-order valence-corrected chi connectivity index (χ0v) is 16.4. The average Bonchev–Trinajstić information content (AvgIpc) is 3.36. The summed E-state index contributed by atoms with van der Waals surface area (Å²) in [4.78, 5) is 12.5. The number of aryl methyl sites for hydroxylation is 2. The van der Waals surface area contributed by atoms with E-state index in [-0.39, 0.29) is 0 Å². The molecule has 1 amide bonds. The van der Waals surface area contributed by atoms with Crippen LogP contribution < -0.4 is 4.74 Å². The SMILES string of the molecule is Cc1c(OCC2CCOC2)ccc2c(CCC3CCN(C(=O)O)CC3)noc12. The molecule has 3 heterocycles. The lowest BCUT2D eigenvalue weighted by Crippen LogP contribution is -2.37. The van der Waals surface area contributed by atoms with Crippen LogP contribution in [-0.4, -0.2) is 54.2 Å². The number of carboxylic acid groups (broad SMARTS) is 1. The van der Waals surface area contributed by atoms with Crippen molar-refractivity contribution in [3.8, 4) is 5.75 Å². The maximum atomic E-state index is 11.0. The van der Waals surface area contributed by atoms with E-state index >= 15 is 0 Å². The zero-order valence-electron chi connectivity index (χ0n) is 16.4. The zero-order chi connectivity index (χ0) is 19.5. The van der Waals surface area contributed by atoms with Crippen molar-refractivity contribution in [2.75, 3.05) is 32.9 Å². The second kappa shape index (κ2) is 8.39. The number of rotatable bonds is 6. The molecule has 7 nitrogen and oxygen atoms in total. The maximum Gasteiger partial charge on any atom is 0.407 e. The molecule has 0 bridgehead atoms. The number of benzene rings is 1. The van der Waals surface area contributed by atoms with Gasteiger partial charge in [-0.05, 0) is 57.1 Å². The normalized spacial score (nSPS) is 20.8. The van der Waals surface area contributed by atoms with Crippen molar-refractivity contribution in [3.05, 3.63) is 23.4 Å². The quantitative estimate of drug-likeness (QED) is 0.808.